The summed E-state index contributed by atoms with van der Waals surface area (Å²) in [5.41, 5.74) is 3.44. The number of halogens is 2. The lowest BCUT2D eigenvalue weighted by atomic mass is 10.1. The predicted molar refractivity (Wildman–Crippen MR) is 100 cm³/mol. The minimum atomic E-state index is -0.884. The number of nitrogens with zero attached hydrogens (tertiary/aromatic N) is 4. The summed E-state index contributed by atoms with van der Waals surface area (Å²) < 4.78 is 15.3. The van der Waals surface area contributed by atoms with Crippen molar-refractivity contribution in [2.45, 2.75) is 6.92 Å². The maximum atomic E-state index is 13.7. The number of benzene rings is 2. The van der Waals surface area contributed by atoms with E-state index in [4.69, 9.17) is 11.6 Å². The molecule has 0 fully saturated rings. The summed E-state index contributed by atoms with van der Waals surface area (Å²) in [6.07, 6.45) is 1.59. The predicted octanol–water partition coefficient (Wildman–Crippen LogP) is 5.07. The Kier molecular flexibility index (Phi) is 4.08. The third kappa shape index (κ3) is 2.92. The topological polar surface area (TPSA) is 73.3 Å². The van der Waals surface area contributed by atoms with Crippen LogP contribution < -0.4 is 0 Å². The van der Waals surface area contributed by atoms with Gasteiger partial charge in [-0.2, -0.15) is 9.49 Å². The van der Waals surface area contributed by atoms with Crippen molar-refractivity contribution in [1.82, 2.24) is 14.6 Å². The number of nitro groups is 1. The minimum absolute atomic E-state index is 0.468. The number of rotatable bonds is 3. The Bertz CT molecular complexity index is 1210. The van der Waals surface area contributed by atoms with Crippen LogP contribution in [0.4, 0.5) is 10.1 Å². The molecule has 2 aromatic carbocycles. The molecule has 2 aromatic heterocycles. The van der Waals surface area contributed by atoms with E-state index >= 15 is 0 Å². The number of aromatic nitrogens is 3. The Hall–Kier alpha value is -3.32. The van der Waals surface area contributed by atoms with E-state index in [9.17, 15) is 14.5 Å². The average molecular weight is 383 g/mol. The highest BCUT2D eigenvalue weighted by Crippen LogP contribution is 2.32. The van der Waals surface area contributed by atoms with E-state index in [1.807, 2.05) is 25.1 Å². The molecule has 0 aliphatic carbocycles. The lowest BCUT2D eigenvalue weighted by Gasteiger charge is -2.06. The van der Waals surface area contributed by atoms with Crippen LogP contribution in [0.3, 0.4) is 0 Å². The zero-order valence-electron chi connectivity index (χ0n) is 14.1. The van der Waals surface area contributed by atoms with Crippen LogP contribution in [0, 0.1) is 22.9 Å². The van der Waals surface area contributed by atoms with Gasteiger partial charge in [0, 0.05) is 28.4 Å². The van der Waals surface area contributed by atoms with Gasteiger partial charge in [-0.1, -0.05) is 23.7 Å². The number of fused-ring (bicyclic) bond motifs is 1. The molecule has 4 rings (SSSR count). The lowest BCUT2D eigenvalue weighted by molar-refractivity contribution is -0.387. The van der Waals surface area contributed by atoms with Crippen LogP contribution in [-0.4, -0.2) is 19.5 Å². The van der Waals surface area contributed by atoms with Crippen LogP contribution in [0.25, 0.3) is 28.0 Å². The molecule has 0 N–H and O–H groups in total. The van der Waals surface area contributed by atoms with Gasteiger partial charge >= 0.3 is 5.69 Å². The molecule has 0 radical (unpaired) electrons. The maximum absolute atomic E-state index is 13.7. The van der Waals surface area contributed by atoms with Crippen LogP contribution in [0.5, 0.6) is 0 Å². The molecule has 6 nitrogen and oxygen atoms in total. The van der Waals surface area contributed by atoms with Gasteiger partial charge < -0.3 is 0 Å². The molecule has 0 amide bonds. The summed E-state index contributed by atoms with van der Waals surface area (Å²) in [6.45, 7) is 1.85. The smallest absolute Gasteiger partial charge is 0.258 e. The first-order valence-electron chi connectivity index (χ1n) is 8.00. The summed E-state index contributed by atoms with van der Waals surface area (Å²) in [5, 5.41) is 16.2. The van der Waals surface area contributed by atoms with Crippen LogP contribution in [0.2, 0.25) is 5.02 Å². The molecule has 27 heavy (non-hydrogen) atoms. The maximum Gasteiger partial charge on any atom is 0.305 e. The standard InChI is InChI=1S/C19H12ClFN4O2/c1-11-18(13-3-2-4-14(20)9-13)19-22-8-7-16(24(19)23-11)12-5-6-15(21)17(10-12)25(26)27/h2-10H,1H3. The van der Waals surface area contributed by atoms with Crippen LogP contribution in [0.1, 0.15) is 5.69 Å². The second-order valence-electron chi connectivity index (χ2n) is 5.96. The summed E-state index contributed by atoms with van der Waals surface area (Å²) in [7, 11) is 0. The van der Waals surface area contributed by atoms with Crippen molar-refractivity contribution in [1.29, 1.82) is 0 Å². The van der Waals surface area contributed by atoms with Crippen molar-refractivity contribution in [3.8, 4) is 22.4 Å². The van der Waals surface area contributed by atoms with E-state index in [0.29, 0.717) is 21.9 Å². The van der Waals surface area contributed by atoms with Gasteiger partial charge in [0.15, 0.2) is 5.65 Å². The summed E-state index contributed by atoms with van der Waals surface area (Å²) in [4.78, 5) is 14.7. The zero-order valence-corrected chi connectivity index (χ0v) is 14.8. The molecule has 4 aromatic rings. The third-order valence-electron chi connectivity index (χ3n) is 4.25. The van der Waals surface area contributed by atoms with E-state index in [1.165, 1.54) is 12.1 Å². The van der Waals surface area contributed by atoms with Gasteiger partial charge in [-0.3, -0.25) is 10.1 Å². The molecule has 134 valence electrons. The Morgan fingerprint density at radius 1 is 1.15 bits per heavy atom. The van der Waals surface area contributed by atoms with E-state index in [2.05, 4.69) is 10.1 Å². The van der Waals surface area contributed by atoms with Gasteiger partial charge in [-0.05, 0) is 42.8 Å². The number of hydrogen-bond acceptors (Lipinski definition) is 4. The van der Waals surface area contributed by atoms with Crippen molar-refractivity contribution in [2.75, 3.05) is 0 Å². The molecule has 0 aliphatic heterocycles. The zero-order chi connectivity index (χ0) is 19.1. The number of hydrogen-bond donors (Lipinski definition) is 0. The first-order valence-corrected chi connectivity index (χ1v) is 8.38. The van der Waals surface area contributed by atoms with Crippen molar-refractivity contribution in [3.05, 3.63) is 81.4 Å². The molecule has 0 unspecified atom stereocenters. The number of aryl methyl sites for hydroxylation is 1. The highest BCUT2D eigenvalue weighted by Gasteiger charge is 2.19. The molecule has 0 saturated heterocycles. The van der Waals surface area contributed by atoms with Crippen molar-refractivity contribution in [2.24, 2.45) is 0 Å². The quantitative estimate of drug-likeness (QED) is 0.366. The second kappa shape index (κ2) is 6.44. The van der Waals surface area contributed by atoms with Gasteiger partial charge in [-0.25, -0.2) is 9.50 Å². The Morgan fingerprint density at radius 2 is 1.96 bits per heavy atom. The highest BCUT2D eigenvalue weighted by molar-refractivity contribution is 6.30. The fraction of sp³-hybridized carbons (Fsp3) is 0.0526. The number of nitro benzene ring substituents is 1. The van der Waals surface area contributed by atoms with E-state index in [-0.39, 0.29) is 0 Å². The average Bonchev–Trinajstić information content (AvgIpc) is 2.97. The molecule has 0 atom stereocenters. The fourth-order valence-corrected chi connectivity index (χ4v) is 3.25. The van der Waals surface area contributed by atoms with Gasteiger partial charge in [0.25, 0.3) is 0 Å². The molecule has 0 aliphatic rings. The van der Waals surface area contributed by atoms with Crippen LogP contribution >= 0.6 is 11.6 Å². The Balaban J connectivity index is 1.96. The van der Waals surface area contributed by atoms with Crippen LogP contribution in [-0.2, 0) is 0 Å². The van der Waals surface area contributed by atoms with Gasteiger partial charge in [-0.15, -0.1) is 0 Å². The van der Waals surface area contributed by atoms with E-state index < -0.39 is 16.4 Å². The minimum Gasteiger partial charge on any atom is -0.258 e. The van der Waals surface area contributed by atoms with Crippen molar-refractivity contribution in [3.63, 3.8) is 0 Å². The fourth-order valence-electron chi connectivity index (χ4n) is 3.06. The van der Waals surface area contributed by atoms with Crippen molar-refractivity contribution < 1.29 is 9.31 Å². The van der Waals surface area contributed by atoms with Gasteiger partial charge in [0.1, 0.15) is 0 Å². The molecule has 0 spiro atoms. The van der Waals surface area contributed by atoms with Crippen molar-refractivity contribution >= 4 is 22.9 Å². The normalized spacial score (nSPS) is 11.1. The molecular weight excluding hydrogens is 371 g/mol. The molecule has 2 heterocycles. The highest BCUT2D eigenvalue weighted by atomic mass is 35.5. The monoisotopic (exact) mass is 382 g/mol. The molecule has 0 bridgehead atoms. The van der Waals surface area contributed by atoms with Crippen LogP contribution in [0.15, 0.2) is 54.7 Å². The Morgan fingerprint density at radius 3 is 2.70 bits per heavy atom. The molecule has 8 heteroatoms. The largest absolute Gasteiger partial charge is 0.305 e. The SMILES string of the molecule is Cc1nn2c(-c3ccc(F)c([N+](=O)[O-])c3)ccnc2c1-c1cccc(Cl)c1. The molecule has 0 saturated carbocycles. The second-order valence-corrected chi connectivity index (χ2v) is 6.40. The van der Waals surface area contributed by atoms with E-state index in [1.54, 1.807) is 22.8 Å². The summed E-state index contributed by atoms with van der Waals surface area (Å²) in [6, 6.07) is 12.8. The lowest BCUT2D eigenvalue weighted by Crippen LogP contribution is -1.98. The summed E-state index contributed by atoms with van der Waals surface area (Å²) >= 11 is 6.11. The molecular formula is C19H12ClFN4O2. The van der Waals surface area contributed by atoms with E-state index in [0.717, 1.165) is 22.9 Å². The first kappa shape index (κ1) is 17.1. The summed E-state index contributed by atoms with van der Waals surface area (Å²) in [5.74, 6) is -0.884. The van der Waals surface area contributed by atoms with Gasteiger partial charge in [0.2, 0.25) is 5.82 Å². The first-order chi connectivity index (χ1) is 13.0. The Labute approximate surface area is 158 Å². The van der Waals surface area contributed by atoms with Gasteiger partial charge in [0.05, 0.1) is 16.3 Å². The third-order valence-corrected chi connectivity index (χ3v) is 4.48.